The van der Waals surface area contributed by atoms with Gasteiger partial charge in [-0.1, -0.05) is 13.0 Å². The zero-order valence-electron chi connectivity index (χ0n) is 16.7. The zero-order chi connectivity index (χ0) is 27.8. The Labute approximate surface area is 180 Å². The van der Waals surface area contributed by atoms with Gasteiger partial charge in [-0.05, 0) is 13.3 Å². The van der Waals surface area contributed by atoms with E-state index < -0.39 is 66.8 Å². The highest BCUT2D eigenvalue weighted by atomic mass is 19.4. The molecule has 0 aliphatic heterocycles. The van der Waals surface area contributed by atoms with E-state index >= 15 is 0 Å². The zero-order valence-corrected chi connectivity index (χ0v) is 16.7. The second-order valence-electron chi connectivity index (χ2n) is 6.67. The molecule has 2 nitrogen and oxygen atoms in total. The van der Waals surface area contributed by atoms with Crippen molar-refractivity contribution in [1.29, 1.82) is 0 Å². The number of alkyl halides is 16. The molecule has 0 aromatic heterocycles. The van der Waals surface area contributed by atoms with E-state index in [0.29, 0.717) is 0 Å². The van der Waals surface area contributed by atoms with Gasteiger partial charge in [0.1, 0.15) is 0 Å². The van der Waals surface area contributed by atoms with Gasteiger partial charge in [0, 0.05) is 18.5 Å². The number of hydrogen-bond acceptors (Lipinski definition) is 1. The van der Waals surface area contributed by atoms with Crippen LogP contribution in [-0.2, 0) is 4.79 Å². The summed E-state index contributed by atoms with van der Waals surface area (Å²) in [4.78, 5) is 11.5. The number of rotatable bonds is 12. The first-order valence-corrected chi connectivity index (χ1v) is 8.71. The summed E-state index contributed by atoms with van der Waals surface area (Å²) in [5, 5.41) is 1.49. The fraction of sp³-hybridized carbons (Fsp3) is 0.812. The summed E-state index contributed by atoms with van der Waals surface area (Å²) in [6, 6.07) is 0. The summed E-state index contributed by atoms with van der Waals surface area (Å²) in [5.41, 5.74) is -0.145. The second kappa shape index (κ2) is 9.62. The average Bonchev–Trinajstić information content (AvgIpc) is 2.67. The van der Waals surface area contributed by atoms with Crippen molar-refractivity contribution >= 4 is 5.91 Å². The first-order valence-electron chi connectivity index (χ1n) is 8.71. The van der Waals surface area contributed by atoms with Crippen LogP contribution < -0.4 is 5.32 Å². The van der Waals surface area contributed by atoms with Crippen molar-refractivity contribution in [3.63, 3.8) is 0 Å². The van der Waals surface area contributed by atoms with Crippen molar-refractivity contribution < 1.29 is 75.0 Å². The molecule has 0 unspecified atom stereocenters. The number of allylic oxidation sites excluding steroid dienone is 1. The summed E-state index contributed by atoms with van der Waals surface area (Å²) in [6.45, 7) is 0.960. The van der Waals surface area contributed by atoms with Gasteiger partial charge in [0.15, 0.2) is 0 Å². The molecular weight excluding hydrogens is 526 g/mol. The Hall–Kier alpha value is -1.91. The summed E-state index contributed by atoms with van der Waals surface area (Å²) in [7, 11) is 0. The molecule has 0 aliphatic rings. The van der Waals surface area contributed by atoms with E-state index in [2.05, 4.69) is 0 Å². The largest absolute Gasteiger partial charge is 0.384 e. The first kappa shape index (κ1) is 32.1. The summed E-state index contributed by atoms with van der Waals surface area (Å²) in [5.74, 6) is -55.9. The van der Waals surface area contributed by atoms with E-state index in [9.17, 15) is 75.0 Å². The molecule has 1 amide bonds. The SMILES string of the molecule is C/C=C(/CC)C(=O)NCCC(F)(F)C(F)(F)C(F)(F)C(F)(F)C(F)(F)C(F)(F)C(F)(F)C(F)F. The van der Waals surface area contributed by atoms with Crippen molar-refractivity contribution in [1.82, 2.24) is 5.32 Å². The summed E-state index contributed by atoms with van der Waals surface area (Å²) in [6.07, 6.45) is -7.47. The maximum Gasteiger partial charge on any atom is 0.384 e. The lowest BCUT2D eigenvalue weighted by Gasteiger charge is -2.42. The maximum absolute atomic E-state index is 13.7. The van der Waals surface area contributed by atoms with Crippen molar-refractivity contribution in [2.75, 3.05) is 6.54 Å². The monoisotopic (exact) mass is 541 g/mol. The third-order valence-electron chi connectivity index (χ3n) is 4.47. The molecule has 0 fully saturated rings. The fourth-order valence-corrected chi connectivity index (χ4v) is 2.27. The average molecular weight is 541 g/mol. The van der Waals surface area contributed by atoms with Crippen molar-refractivity contribution in [3.8, 4) is 0 Å². The van der Waals surface area contributed by atoms with E-state index in [1.54, 1.807) is 0 Å². The molecule has 0 bridgehead atoms. The van der Waals surface area contributed by atoms with Gasteiger partial charge in [0.25, 0.3) is 0 Å². The third-order valence-corrected chi connectivity index (χ3v) is 4.47. The predicted molar refractivity (Wildman–Crippen MR) is 82.3 cm³/mol. The quantitative estimate of drug-likeness (QED) is 0.220. The van der Waals surface area contributed by atoms with Crippen LogP contribution in [-0.4, -0.2) is 60.3 Å². The number of amides is 1. The third kappa shape index (κ3) is 4.77. The molecule has 0 saturated carbocycles. The van der Waals surface area contributed by atoms with Gasteiger partial charge >= 0.3 is 47.9 Å². The Kier molecular flexibility index (Phi) is 9.08. The molecule has 0 aromatic rings. The van der Waals surface area contributed by atoms with Crippen molar-refractivity contribution in [2.45, 2.75) is 74.6 Å². The van der Waals surface area contributed by atoms with Gasteiger partial charge in [0.05, 0.1) is 0 Å². The topological polar surface area (TPSA) is 29.1 Å². The van der Waals surface area contributed by atoms with E-state index in [0.717, 1.165) is 6.08 Å². The smallest absolute Gasteiger partial charge is 0.352 e. The normalized spacial score (nSPS) is 15.7. The Morgan fingerprint density at radius 3 is 1.47 bits per heavy atom. The lowest BCUT2D eigenvalue weighted by molar-refractivity contribution is -0.447. The molecule has 0 aliphatic carbocycles. The highest BCUT2D eigenvalue weighted by Gasteiger charge is 2.93. The molecule has 18 heteroatoms. The van der Waals surface area contributed by atoms with Gasteiger partial charge in [-0.2, -0.15) is 61.5 Å². The molecule has 0 heterocycles. The molecule has 1 N–H and O–H groups in total. The number of halogens is 16. The molecule has 202 valence electrons. The maximum atomic E-state index is 13.7. The van der Waals surface area contributed by atoms with Crippen LogP contribution in [0.3, 0.4) is 0 Å². The number of hydrogen-bond donors (Lipinski definition) is 1. The van der Waals surface area contributed by atoms with Crippen LogP contribution in [0.25, 0.3) is 0 Å². The molecular formula is C16H15F16NO. The minimum absolute atomic E-state index is 0.0499. The highest BCUT2D eigenvalue weighted by molar-refractivity contribution is 5.93. The molecule has 34 heavy (non-hydrogen) atoms. The second-order valence-corrected chi connectivity index (χ2v) is 6.67. The molecule has 0 rings (SSSR count). The van der Waals surface area contributed by atoms with Crippen LogP contribution >= 0.6 is 0 Å². The van der Waals surface area contributed by atoms with Crippen LogP contribution in [0.1, 0.15) is 26.7 Å². The Morgan fingerprint density at radius 2 is 1.12 bits per heavy atom. The summed E-state index contributed by atoms with van der Waals surface area (Å²) < 4.78 is 211. The molecule has 0 saturated heterocycles. The van der Waals surface area contributed by atoms with E-state index in [-0.39, 0.29) is 12.0 Å². The van der Waals surface area contributed by atoms with Crippen molar-refractivity contribution in [2.24, 2.45) is 0 Å². The Bertz CT molecular complexity index is 758. The molecule has 0 radical (unpaired) electrons. The van der Waals surface area contributed by atoms with Gasteiger partial charge in [0.2, 0.25) is 5.91 Å². The van der Waals surface area contributed by atoms with Gasteiger partial charge in [-0.3, -0.25) is 4.79 Å². The van der Waals surface area contributed by atoms with Crippen LogP contribution in [0.15, 0.2) is 11.6 Å². The standard InChI is InChI=1S/C16H15F16NO/c1-3-7(4-2)8(34)33-6-5-10(19,20)12(23,24)14(27,28)16(31,32)15(29,30)13(25,26)11(21,22)9(17)18/h3,9H,4-6H2,1-2H3,(H,33,34)/b7-3-. The van der Waals surface area contributed by atoms with Crippen LogP contribution in [0.5, 0.6) is 0 Å². The minimum Gasteiger partial charge on any atom is -0.352 e. The molecule has 0 aromatic carbocycles. The number of carbonyl (C=O) groups is 1. The van der Waals surface area contributed by atoms with E-state index in [1.165, 1.54) is 19.2 Å². The highest BCUT2D eigenvalue weighted by Crippen LogP contribution is 2.63. The Balaban J connectivity index is 6.18. The van der Waals surface area contributed by atoms with E-state index in [4.69, 9.17) is 0 Å². The van der Waals surface area contributed by atoms with Crippen LogP contribution in [0.2, 0.25) is 0 Å². The van der Waals surface area contributed by atoms with E-state index in [1.807, 2.05) is 0 Å². The van der Waals surface area contributed by atoms with Gasteiger partial charge in [-0.15, -0.1) is 0 Å². The number of nitrogens with one attached hydrogen (secondary N) is 1. The predicted octanol–water partition coefficient (Wildman–Crippen LogP) is 6.56. The fourth-order valence-electron chi connectivity index (χ4n) is 2.27. The lowest BCUT2D eigenvalue weighted by Crippen LogP contribution is -2.73. The van der Waals surface area contributed by atoms with Crippen molar-refractivity contribution in [3.05, 3.63) is 11.6 Å². The summed E-state index contributed by atoms with van der Waals surface area (Å²) >= 11 is 0. The van der Waals surface area contributed by atoms with Crippen LogP contribution in [0.4, 0.5) is 70.2 Å². The van der Waals surface area contributed by atoms with Gasteiger partial charge in [-0.25, -0.2) is 8.78 Å². The van der Waals surface area contributed by atoms with Gasteiger partial charge < -0.3 is 5.32 Å². The molecule has 0 atom stereocenters. The van der Waals surface area contributed by atoms with Crippen LogP contribution in [0, 0.1) is 0 Å². The first-order chi connectivity index (χ1) is 14.8. The molecule has 0 spiro atoms. The minimum atomic E-state index is -8.42. The Morgan fingerprint density at radius 1 is 0.735 bits per heavy atom. The number of carbonyl (C=O) groups excluding carboxylic acids is 1. The lowest BCUT2D eigenvalue weighted by atomic mass is 9.88.